The summed E-state index contributed by atoms with van der Waals surface area (Å²) in [5, 5.41) is 211. The Hall–Kier alpha value is -2.63. The molecule has 6 rings (SSSR count). The van der Waals surface area contributed by atoms with E-state index in [4.69, 9.17) is 56.8 Å². The maximum atomic E-state index is 13.4. The molecule has 0 aromatic heterocycles. The molecule has 6 fully saturated rings. The topological polar surface area (TPSA) is 570 Å². The molecule has 6 aliphatic rings. The minimum atomic E-state index is -2.37. The summed E-state index contributed by atoms with van der Waals surface area (Å²) >= 11 is 0. The minimum Gasteiger partial charge on any atom is -0.394 e. The normalized spacial score (nSPS) is 47.2. The Labute approximate surface area is 465 Å². The average Bonchev–Trinajstić information content (AvgIpc) is 2.27. The zero-order valence-corrected chi connectivity index (χ0v) is 44.4. The molecule has 476 valence electrons. The Morgan fingerprint density at radius 3 is 1.35 bits per heavy atom. The lowest BCUT2D eigenvalue weighted by atomic mass is 9.93. The molecule has 6 saturated heterocycles. The van der Waals surface area contributed by atoms with Crippen molar-refractivity contribution in [2.45, 2.75) is 236 Å². The quantitative estimate of drug-likeness (QED) is 0.0423. The van der Waals surface area contributed by atoms with Crippen LogP contribution in [0.1, 0.15) is 27.7 Å². The Kier molecular flexibility index (Phi) is 24.9. The molecular weight excluding hydrogens is 1120 g/mol. The van der Waals surface area contributed by atoms with Crippen molar-refractivity contribution in [3.63, 3.8) is 0 Å². The Morgan fingerprint density at radius 2 is 0.854 bits per heavy atom. The molecule has 21 N–H and O–H groups in total. The van der Waals surface area contributed by atoms with E-state index in [0.29, 0.717) is 0 Å². The minimum absolute atomic E-state index is 0.160. The largest absolute Gasteiger partial charge is 0.394 e. The number of ether oxygens (including phenoxy) is 12. The first-order valence-corrected chi connectivity index (χ1v) is 26.1. The number of aliphatic hydroxyl groups is 19. The van der Waals surface area contributed by atoms with Crippen molar-refractivity contribution in [1.29, 1.82) is 0 Å². The highest BCUT2D eigenvalue weighted by atomic mass is 16.8. The molecule has 0 spiro atoms. The highest BCUT2D eigenvalue weighted by molar-refractivity contribution is 5.73. The van der Waals surface area contributed by atoms with Gasteiger partial charge in [-0.3, -0.25) is 9.59 Å². The second-order valence-corrected chi connectivity index (χ2v) is 20.6. The standard InChI is InChI=1S/C46H78N2O34/c1-11-23(59)30(66)32(68)43(71-11)78-36-20(10-54)76-42(80-38-27(63)18(8-52)74-45(34(38)70)77-35(16(58)6-50)25(61)15(57)5-49)22(48-14(4)56)37(36)79-46-40(82-44-33(69)31(67)24(60)12(2)72-44)39(28(64)19(9-53)75-46)81-41-21(47-13(3)55)29(65)26(62)17(7-51)73-41/h5,11-12,15-46,50-54,57-70H,6-10H2,1-4H3,(H,47,55)(H,48,56). The number of hydrogen-bond donors (Lipinski definition) is 21. The lowest BCUT2D eigenvalue weighted by molar-refractivity contribution is -0.408. The maximum absolute atomic E-state index is 13.4. The number of aliphatic hydroxyl groups excluding tert-OH is 19. The van der Waals surface area contributed by atoms with Crippen LogP contribution >= 0.6 is 0 Å². The first-order valence-electron chi connectivity index (χ1n) is 26.1. The van der Waals surface area contributed by atoms with E-state index in [1.807, 2.05) is 0 Å². The van der Waals surface area contributed by atoms with Crippen LogP contribution in [-0.2, 0) is 71.2 Å². The molecule has 36 heteroatoms. The molecule has 0 saturated carbocycles. The second-order valence-electron chi connectivity index (χ2n) is 20.6. The van der Waals surface area contributed by atoms with E-state index < -0.39 is 253 Å². The van der Waals surface area contributed by atoms with Crippen molar-refractivity contribution in [3.8, 4) is 0 Å². The van der Waals surface area contributed by atoms with Crippen LogP contribution in [0.15, 0.2) is 0 Å². The zero-order chi connectivity index (χ0) is 60.9. The fraction of sp³-hybridized carbons (Fsp3) is 0.935. The third-order valence-electron chi connectivity index (χ3n) is 14.8. The first kappa shape index (κ1) is 68.5. The number of aldehydes is 1. The predicted octanol–water partition coefficient (Wildman–Crippen LogP) is -14.1. The summed E-state index contributed by atoms with van der Waals surface area (Å²) in [6, 6.07) is -3.79. The maximum Gasteiger partial charge on any atom is 0.217 e. The van der Waals surface area contributed by atoms with Crippen LogP contribution in [0.25, 0.3) is 0 Å². The Balaban J connectivity index is 1.49. The van der Waals surface area contributed by atoms with E-state index >= 15 is 0 Å². The number of carbonyl (C=O) groups excluding carboxylic acids is 3. The SMILES string of the molecule is CC(=O)NC1C(OC2C(O)C(CO)OC(OC3C(NC(C)=O)C(OC4C(O)C(CO)OC(OC(C(O)CO)C(O)C(O)C=O)C4O)OC(CO)C3OC3OC(C)C(O)C(O)C3O)C2OC2OC(C)C(O)C(O)C2O)OC(CO)C(O)C1O. The summed E-state index contributed by atoms with van der Waals surface area (Å²) in [6.45, 7) is -1.18. The number of nitrogens with one attached hydrogen (secondary N) is 2. The summed E-state index contributed by atoms with van der Waals surface area (Å²) in [5.74, 6) is -1.84. The Morgan fingerprint density at radius 1 is 0.439 bits per heavy atom. The molecule has 0 radical (unpaired) electrons. The van der Waals surface area contributed by atoms with Crippen LogP contribution in [0.2, 0.25) is 0 Å². The molecular formula is C46H78N2O34. The van der Waals surface area contributed by atoms with Gasteiger partial charge >= 0.3 is 0 Å². The molecule has 6 aliphatic heterocycles. The van der Waals surface area contributed by atoms with Gasteiger partial charge < -0.3 is 169 Å². The number of carbonyl (C=O) groups is 3. The molecule has 0 bridgehead atoms. The van der Waals surface area contributed by atoms with Gasteiger partial charge in [-0.2, -0.15) is 0 Å². The molecule has 0 aliphatic carbocycles. The smallest absolute Gasteiger partial charge is 0.217 e. The van der Waals surface area contributed by atoms with Gasteiger partial charge in [0, 0.05) is 13.8 Å². The van der Waals surface area contributed by atoms with Gasteiger partial charge in [-0.15, -0.1) is 0 Å². The van der Waals surface area contributed by atoms with Crippen LogP contribution in [0.5, 0.6) is 0 Å². The van der Waals surface area contributed by atoms with E-state index in [9.17, 15) is 111 Å². The van der Waals surface area contributed by atoms with E-state index in [2.05, 4.69) is 10.6 Å². The summed E-state index contributed by atoms with van der Waals surface area (Å²) in [6.07, 6.45) is -65.1. The summed E-state index contributed by atoms with van der Waals surface area (Å²) in [7, 11) is 0. The first-order chi connectivity index (χ1) is 38.7. The molecule has 34 unspecified atom stereocenters. The second kappa shape index (κ2) is 29.8. The monoisotopic (exact) mass is 1200 g/mol. The van der Waals surface area contributed by atoms with Gasteiger partial charge in [0.05, 0.1) is 45.2 Å². The molecule has 0 aromatic rings. The highest BCUT2D eigenvalue weighted by Crippen LogP contribution is 2.39. The molecule has 2 amide bonds. The van der Waals surface area contributed by atoms with Gasteiger partial charge in [-0.25, -0.2) is 0 Å². The van der Waals surface area contributed by atoms with Crippen LogP contribution in [0, 0.1) is 0 Å². The summed E-state index contributed by atoms with van der Waals surface area (Å²) < 4.78 is 71.8. The average molecular weight is 1200 g/mol. The predicted molar refractivity (Wildman–Crippen MR) is 253 cm³/mol. The van der Waals surface area contributed by atoms with Crippen LogP contribution in [0.4, 0.5) is 0 Å². The van der Waals surface area contributed by atoms with E-state index in [1.54, 1.807) is 0 Å². The number of amides is 2. The zero-order valence-electron chi connectivity index (χ0n) is 44.4. The molecule has 0 aromatic carbocycles. The molecule has 6 heterocycles. The highest BCUT2D eigenvalue weighted by Gasteiger charge is 2.60. The van der Waals surface area contributed by atoms with Crippen molar-refractivity contribution < 1.29 is 168 Å². The van der Waals surface area contributed by atoms with Gasteiger partial charge in [0.15, 0.2) is 44.0 Å². The van der Waals surface area contributed by atoms with Gasteiger partial charge in [0.1, 0.15) is 159 Å². The number of hydrogen-bond acceptors (Lipinski definition) is 34. The summed E-state index contributed by atoms with van der Waals surface area (Å²) in [4.78, 5) is 37.3. The fourth-order valence-electron chi connectivity index (χ4n) is 10.2. The van der Waals surface area contributed by atoms with E-state index in [-0.39, 0.29) is 6.29 Å². The lowest BCUT2D eigenvalue weighted by Crippen LogP contribution is -2.72. The fourth-order valence-corrected chi connectivity index (χ4v) is 10.2. The van der Waals surface area contributed by atoms with Crippen molar-refractivity contribution in [2.75, 3.05) is 33.0 Å². The van der Waals surface area contributed by atoms with Crippen LogP contribution in [-0.4, -0.2) is 357 Å². The Bertz CT molecular complexity index is 2010. The van der Waals surface area contributed by atoms with Crippen LogP contribution < -0.4 is 10.6 Å². The van der Waals surface area contributed by atoms with Gasteiger partial charge in [-0.05, 0) is 13.8 Å². The third kappa shape index (κ3) is 15.0. The third-order valence-corrected chi connectivity index (χ3v) is 14.8. The van der Waals surface area contributed by atoms with Gasteiger partial charge in [0.25, 0.3) is 0 Å². The van der Waals surface area contributed by atoms with Gasteiger partial charge in [0.2, 0.25) is 11.8 Å². The van der Waals surface area contributed by atoms with Crippen molar-refractivity contribution in [2.24, 2.45) is 0 Å². The molecule has 82 heavy (non-hydrogen) atoms. The van der Waals surface area contributed by atoms with Crippen molar-refractivity contribution in [3.05, 3.63) is 0 Å². The van der Waals surface area contributed by atoms with Crippen LogP contribution in [0.3, 0.4) is 0 Å². The van der Waals surface area contributed by atoms with Crippen molar-refractivity contribution >= 4 is 18.1 Å². The number of rotatable bonds is 23. The van der Waals surface area contributed by atoms with Crippen molar-refractivity contribution in [1.82, 2.24) is 10.6 Å². The molecule has 36 nitrogen and oxygen atoms in total. The molecule has 34 atom stereocenters. The van der Waals surface area contributed by atoms with E-state index in [0.717, 1.165) is 13.8 Å². The summed E-state index contributed by atoms with van der Waals surface area (Å²) in [5.41, 5.74) is 0. The lowest BCUT2D eigenvalue weighted by Gasteiger charge is -2.53. The van der Waals surface area contributed by atoms with Gasteiger partial charge in [-0.1, -0.05) is 0 Å². The van der Waals surface area contributed by atoms with E-state index in [1.165, 1.54) is 13.8 Å².